The van der Waals surface area contributed by atoms with E-state index in [2.05, 4.69) is 9.97 Å². The Morgan fingerprint density at radius 3 is 2.48 bits per heavy atom. The van der Waals surface area contributed by atoms with Crippen LogP contribution in [0.2, 0.25) is 0 Å². The number of carbonyl (C=O) groups is 2. The first-order chi connectivity index (χ1) is 11.1. The summed E-state index contributed by atoms with van der Waals surface area (Å²) < 4.78 is 0. The molecule has 23 heavy (non-hydrogen) atoms. The van der Waals surface area contributed by atoms with Crippen LogP contribution in [0.4, 0.5) is 0 Å². The van der Waals surface area contributed by atoms with E-state index in [1.807, 2.05) is 30.3 Å². The fourth-order valence-corrected chi connectivity index (χ4v) is 2.72. The van der Waals surface area contributed by atoms with Gasteiger partial charge >= 0.3 is 5.97 Å². The van der Waals surface area contributed by atoms with E-state index in [1.54, 1.807) is 4.90 Å². The predicted octanol–water partition coefficient (Wildman–Crippen LogP) is 2.08. The molecule has 1 N–H and O–H groups in total. The average Bonchev–Trinajstić information content (AvgIpc) is 2.62. The van der Waals surface area contributed by atoms with E-state index in [1.165, 1.54) is 12.4 Å². The molecule has 1 atom stereocenters. The molecule has 2 aromatic rings. The van der Waals surface area contributed by atoms with Crippen LogP contribution < -0.4 is 0 Å². The van der Waals surface area contributed by atoms with Crippen molar-refractivity contribution < 1.29 is 14.7 Å². The normalized spacial score (nSPS) is 17.7. The van der Waals surface area contributed by atoms with Crippen molar-refractivity contribution in [2.45, 2.75) is 12.8 Å². The average molecular weight is 311 g/mol. The van der Waals surface area contributed by atoms with Crippen LogP contribution >= 0.6 is 0 Å². The van der Waals surface area contributed by atoms with E-state index in [9.17, 15) is 9.59 Å². The highest BCUT2D eigenvalue weighted by Crippen LogP contribution is 2.19. The van der Waals surface area contributed by atoms with E-state index >= 15 is 0 Å². The van der Waals surface area contributed by atoms with E-state index in [0.29, 0.717) is 30.8 Å². The zero-order chi connectivity index (χ0) is 16.2. The number of aromatic nitrogens is 2. The number of rotatable bonds is 3. The molecule has 1 amide bonds. The van der Waals surface area contributed by atoms with Gasteiger partial charge in [0.2, 0.25) is 0 Å². The van der Waals surface area contributed by atoms with E-state index < -0.39 is 11.9 Å². The van der Waals surface area contributed by atoms with Gasteiger partial charge in [-0.2, -0.15) is 0 Å². The summed E-state index contributed by atoms with van der Waals surface area (Å²) in [7, 11) is 0. The maximum atomic E-state index is 12.5. The smallest absolute Gasteiger partial charge is 0.308 e. The molecule has 1 unspecified atom stereocenters. The molecule has 1 aliphatic rings. The Balaban J connectivity index is 1.74. The highest BCUT2D eigenvalue weighted by atomic mass is 16.4. The summed E-state index contributed by atoms with van der Waals surface area (Å²) in [6.07, 6.45) is 4.32. The van der Waals surface area contributed by atoms with Crippen LogP contribution in [-0.4, -0.2) is 44.9 Å². The topological polar surface area (TPSA) is 83.4 Å². The zero-order valence-corrected chi connectivity index (χ0v) is 12.6. The molecule has 1 aromatic carbocycles. The maximum absolute atomic E-state index is 12.5. The second-order valence-corrected chi connectivity index (χ2v) is 5.59. The fourth-order valence-electron chi connectivity index (χ4n) is 2.72. The van der Waals surface area contributed by atoms with Crippen molar-refractivity contribution in [1.82, 2.24) is 14.9 Å². The number of piperidine rings is 1. The molecular weight excluding hydrogens is 294 g/mol. The van der Waals surface area contributed by atoms with Crippen LogP contribution in [0.15, 0.2) is 42.7 Å². The molecule has 1 fully saturated rings. The van der Waals surface area contributed by atoms with Gasteiger partial charge in [-0.3, -0.25) is 9.59 Å². The van der Waals surface area contributed by atoms with Crippen molar-refractivity contribution in [2.24, 2.45) is 5.92 Å². The number of carbonyl (C=O) groups excluding carboxylic acids is 1. The number of hydrogen-bond donors (Lipinski definition) is 1. The molecule has 0 spiro atoms. The van der Waals surface area contributed by atoms with Gasteiger partial charge in [-0.25, -0.2) is 9.97 Å². The number of likely N-dealkylation sites (tertiary alicyclic amines) is 1. The molecule has 3 rings (SSSR count). The van der Waals surface area contributed by atoms with Crippen molar-refractivity contribution in [3.8, 4) is 11.4 Å². The van der Waals surface area contributed by atoms with Crippen LogP contribution in [0.25, 0.3) is 11.4 Å². The lowest BCUT2D eigenvalue weighted by atomic mass is 9.98. The highest BCUT2D eigenvalue weighted by molar-refractivity contribution is 5.94. The second-order valence-electron chi connectivity index (χ2n) is 5.59. The fraction of sp³-hybridized carbons (Fsp3) is 0.294. The van der Waals surface area contributed by atoms with Gasteiger partial charge in [-0.15, -0.1) is 0 Å². The minimum atomic E-state index is -0.849. The first kappa shape index (κ1) is 15.1. The summed E-state index contributed by atoms with van der Waals surface area (Å²) in [5, 5.41) is 9.11. The van der Waals surface area contributed by atoms with Crippen molar-refractivity contribution in [1.29, 1.82) is 0 Å². The second kappa shape index (κ2) is 6.56. The van der Waals surface area contributed by atoms with Crippen molar-refractivity contribution in [2.75, 3.05) is 13.1 Å². The van der Waals surface area contributed by atoms with Gasteiger partial charge in [0.05, 0.1) is 11.5 Å². The Morgan fingerprint density at radius 1 is 1.13 bits per heavy atom. The van der Waals surface area contributed by atoms with Crippen LogP contribution in [0.3, 0.4) is 0 Å². The predicted molar refractivity (Wildman–Crippen MR) is 83.7 cm³/mol. The van der Waals surface area contributed by atoms with Gasteiger partial charge in [-0.1, -0.05) is 30.3 Å². The molecule has 0 aliphatic carbocycles. The summed E-state index contributed by atoms with van der Waals surface area (Å²) in [5.74, 6) is -0.991. The van der Waals surface area contributed by atoms with Crippen LogP contribution in [0, 0.1) is 5.92 Å². The van der Waals surface area contributed by atoms with E-state index in [-0.39, 0.29) is 12.5 Å². The van der Waals surface area contributed by atoms with Gasteiger partial charge in [0.25, 0.3) is 5.91 Å². The Labute approximate surface area is 133 Å². The van der Waals surface area contributed by atoms with Gasteiger partial charge in [0.1, 0.15) is 0 Å². The lowest BCUT2D eigenvalue weighted by Gasteiger charge is -2.30. The number of carboxylic acids is 1. The first-order valence-electron chi connectivity index (χ1n) is 7.54. The molecule has 0 bridgehead atoms. The Kier molecular flexibility index (Phi) is 4.32. The van der Waals surface area contributed by atoms with Crippen molar-refractivity contribution in [3.05, 3.63) is 48.3 Å². The third kappa shape index (κ3) is 3.36. The quantitative estimate of drug-likeness (QED) is 0.938. The molecule has 1 aromatic heterocycles. The Hall–Kier alpha value is -2.76. The molecule has 0 radical (unpaired) electrons. The van der Waals surface area contributed by atoms with E-state index in [0.717, 1.165) is 5.56 Å². The van der Waals surface area contributed by atoms with Gasteiger partial charge in [0.15, 0.2) is 5.82 Å². The Bertz CT molecular complexity index is 701. The number of carboxylic acid groups (broad SMARTS) is 1. The Morgan fingerprint density at radius 2 is 1.83 bits per heavy atom. The third-order valence-electron chi connectivity index (χ3n) is 3.99. The number of aliphatic carboxylic acids is 1. The monoisotopic (exact) mass is 311 g/mol. The summed E-state index contributed by atoms with van der Waals surface area (Å²) >= 11 is 0. The lowest BCUT2D eigenvalue weighted by molar-refractivity contribution is -0.143. The minimum absolute atomic E-state index is 0.212. The summed E-state index contributed by atoms with van der Waals surface area (Å²) in [5.41, 5.74) is 1.27. The molecule has 6 heteroatoms. The van der Waals surface area contributed by atoms with Gasteiger partial charge in [0, 0.05) is 31.0 Å². The number of amides is 1. The number of benzene rings is 1. The van der Waals surface area contributed by atoms with Gasteiger partial charge in [-0.05, 0) is 12.8 Å². The number of hydrogen-bond acceptors (Lipinski definition) is 4. The van der Waals surface area contributed by atoms with Gasteiger partial charge < -0.3 is 10.0 Å². The summed E-state index contributed by atoms with van der Waals surface area (Å²) in [6, 6.07) is 9.52. The summed E-state index contributed by atoms with van der Waals surface area (Å²) in [6.45, 7) is 0.817. The third-order valence-corrected chi connectivity index (χ3v) is 3.99. The molecule has 1 saturated heterocycles. The molecule has 0 saturated carbocycles. The minimum Gasteiger partial charge on any atom is -0.481 e. The SMILES string of the molecule is O=C(O)C1CCCN(C(=O)c2cnc(-c3ccccc3)nc2)C1. The maximum Gasteiger partial charge on any atom is 0.308 e. The molecule has 6 nitrogen and oxygen atoms in total. The highest BCUT2D eigenvalue weighted by Gasteiger charge is 2.28. The van der Waals surface area contributed by atoms with Crippen LogP contribution in [-0.2, 0) is 4.79 Å². The number of nitrogens with zero attached hydrogens (tertiary/aromatic N) is 3. The molecule has 2 heterocycles. The molecule has 118 valence electrons. The van der Waals surface area contributed by atoms with E-state index in [4.69, 9.17) is 5.11 Å². The zero-order valence-electron chi connectivity index (χ0n) is 12.6. The largest absolute Gasteiger partial charge is 0.481 e. The molecular formula is C17H17N3O3. The van der Waals surface area contributed by atoms with Crippen molar-refractivity contribution in [3.63, 3.8) is 0 Å². The van der Waals surface area contributed by atoms with Crippen LogP contribution in [0.5, 0.6) is 0 Å². The first-order valence-corrected chi connectivity index (χ1v) is 7.54. The van der Waals surface area contributed by atoms with Crippen molar-refractivity contribution >= 4 is 11.9 Å². The standard InChI is InChI=1S/C17H17N3O3/c21-16(20-8-4-7-13(11-20)17(22)23)14-9-18-15(19-10-14)12-5-2-1-3-6-12/h1-3,5-6,9-10,13H,4,7-8,11H2,(H,22,23). The van der Waals surface area contributed by atoms with Crippen LogP contribution in [0.1, 0.15) is 23.2 Å². The molecule has 1 aliphatic heterocycles. The summed E-state index contributed by atoms with van der Waals surface area (Å²) in [4.78, 5) is 33.6. The lowest BCUT2D eigenvalue weighted by Crippen LogP contribution is -2.42.